The average molecular weight is 942 g/mol. The van der Waals surface area contributed by atoms with Gasteiger partial charge < -0.3 is 28.8 Å². The molecule has 388 valence electrons. The van der Waals surface area contributed by atoms with E-state index < -0.39 is 20.0 Å². The molecule has 0 bridgehead atoms. The Kier molecular flexibility index (Phi) is 47.7. The molecule has 0 saturated carbocycles. The van der Waals surface area contributed by atoms with Gasteiger partial charge >= 0.3 is 0 Å². The van der Waals surface area contributed by atoms with Crippen LogP contribution in [0, 0.1) is 0 Å². The largest absolute Gasteiger partial charge is 0.756 e. The summed E-state index contributed by atoms with van der Waals surface area (Å²) in [6.45, 7) is 4.76. The molecule has 0 aliphatic carbocycles. The minimum absolute atomic E-state index is 0.0137. The second-order valence-electron chi connectivity index (χ2n) is 21.0. The fourth-order valence-electron chi connectivity index (χ4n) is 8.74. The van der Waals surface area contributed by atoms with E-state index in [-0.39, 0.29) is 19.1 Å². The van der Waals surface area contributed by atoms with Crippen LogP contribution in [0.3, 0.4) is 0 Å². The molecule has 1 amide bonds. The number of nitrogens with one attached hydrogen (secondary N) is 1. The van der Waals surface area contributed by atoms with Gasteiger partial charge in [0.05, 0.1) is 39.9 Å². The molecule has 0 aromatic carbocycles. The second-order valence-corrected chi connectivity index (χ2v) is 22.4. The van der Waals surface area contributed by atoms with E-state index in [1.165, 1.54) is 225 Å². The molecule has 0 rings (SSSR count). The van der Waals surface area contributed by atoms with E-state index in [4.69, 9.17) is 9.05 Å². The number of phosphoric acid groups is 1. The highest BCUT2D eigenvalue weighted by Gasteiger charge is 2.24. The number of carbonyl (C=O) groups excluding carboxylic acids is 1. The summed E-state index contributed by atoms with van der Waals surface area (Å²) in [5.41, 5.74) is 0. The molecule has 0 spiro atoms. The Labute approximate surface area is 405 Å². The number of likely N-dealkylation sites (N-methyl/N-ethyl adjacent to an activating group) is 1. The third-order valence-electron chi connectivity index (χ3n) is 13.3. The first-order chi connectivity index (χ1) is 31.5. The second kappa shape index (κ2) is 48.3. The molecule has 2 N–H and O–H groups in total. The van der Waals surface area contributed by atoms with Gasteiger partial charge in [-0.3, -0.25) is 9.36 Å². The van der Waals surface area contributed by atoms with Gasteiger partial charge in [-0.25, -0.2) is 0 Å². The third-order valence-corrected chi connectivity index (χ3v) is 14.2. The zero-order valence-corrected chi connectivity index (χ0v) is 45.1. The van der Waals surface area contributed by atoms with Crippen LogP contribution < -0.4 is 10.2 Å². The summed E-state index contributed by atoms with van der Waals surface area (Å²) < 4.78 is 23.4. The Morgan fingerprint density at radius 2 is 0.846 bits per heavy atom. The van der Waals surface area contributed by atoms with Gasteiger partial charge in [0.1, 0.15) is 13.2 Å². The lowest BCUT2D eigenvalue weighted by Gasteiger charge is -2.30. The number of quaternary nitrogens is 1. The fraction of sp³-hybridized carbons (Fsp3) is 0.946. The summed E-state index contributed by atoms with van der Waals surface area (Å²) >= 11 is 0. The molecule has 0 heterocycles. The predicted octanol–water partition coefficient (Wildman–Crippen LogP) is 16.4. The number of allylic oxidation sites excluding steroid dienone is 2. The number of carbonyl (C=O) groups is 1. The smallest absolute Gasteiger partial charge is 0.268 e. The maximum absolute atomic E-state index is 13.0. The van der Waals surface area contributed by atoms with E-state index in [1.54, 1.807) is 0 Å². The normalized spacial score (nSPS) is 14.0. The van der Waals surface area contributed by atoms with Crippen molar-refractivity contribution >= 4 is 13.7 Å². The molecule has 9 heteroatoms. The van der Waals surface area contributed by atoms with E-state index in [2.05, 4.69) is 31.3 Å². The molecule has 0 aromatic heterocycles. The number of nitrogens with zero attached hydrogens (tertiary/aromatic N) is 1. The number of hydrogen-bond donors (Lipinski definition) is 2. The molecule has 65 heavy (non-hydrogen) atoms. The summed E-state index contributed by atoms with van der Waals surface area (Å²) in [5, 5.41) is 14.0. The summed E-state index contributed by atoms with van der Waals surface area (Å²) in [6.07, 6.45) is 58.1. The van der Waals surface area contributed by atoms with Crippen LogP contribution in [0.2, 0.25) is 0 Å². The lowest BCUT2D eigenvalue weighted by Crippen LogP contribution is -2.46. The number of amides is 1. The van der Waals surface area contributed by atoms with Crippen LogP contribution in [0.25, 0.3) is 0 Å². The molecular formula is C56H113N2O6P. The summed E-state index contributed by atoms with van der Waals surface area (Å²) in [7, 11) is 1.32. The Hall–Kier alpha value is -0.760. The van der Waals surface area contributed by atoms with Crippen molar-refractivity contribution < 1.29 is 32.9 Å². The molecule has 3 unspecified atom stereocenters. The Morgan fingerprint density at radius 3 is 1.20 bits per heavy atom. The summed E-state index contributed by atoms with van der Waals surface area (Å²) in [4.78, 5) is 25.5. The molecule has 0 radical (unpaired) electrons. The lowest BCUT2D eigenvalue weighted by atomic mass is 10.0. The van der Waals surface area contributed by atoms with Crippen LogP contribution in [0.5, 0.6) is 0 Å². The predicted molar refractivity (Wildman–Crippen MR) is 279 cm³/mol. The van der Waals surface area contributed by atoms with Crippen molar-refractivity contribution in [1.29, 1.82) is 0 Å². The SMILES string of the molecule is CCCCCCCCCCC/C=C\CCCCCCCCCC(=O)NC(COP(=O)([O-])OCC[N+](C)(C)C)C(O)CCCCCCCCCCCCCCCCCCCCCCCCC. The Bertz CT molecular complexity index is 1070. The number of rotatable bonds is 53. The zero-order chi connectivity index (χ0) is 47.8. The first kappa shape index (κ1) is 64.2. The van der Waals surface area contributed by atoms with E-state index in [0.29, 0.717) is 23.9 Å². The zero-order valence-electron chi connectivity index (χ0n) is 44.2. The maximum atomic E-state index is 13.0. The van der Waals surface area contributed by atoms with Crippen LogP contribution in [0.15, 0.2) is 12.2 Å². The minimum Gasteiger partial charge on any atom is -0.756 e. The minimum atomic E-state index is -4.57. The van der Waals surface area contributed by atoms with Crippen molar-refractivity contribution in [3.8, 4) is 0 Å². The van der Waals surface area contributed by atoms with Crippen LogP contribution in [0.4, 0.5) is 0 Å². The van der Waals surface area contributed by atoms with Crippen LogP contribution in [-0.4, -0.2) is 68.5 Å². The van der Waals surface area contributed by atoms with Gasteiger partial charge in [0.15, 0.2) is 0 Å². The molecule has 3 atom stereocenters. The van der Waals surface area contributed by atoms with E-state index in [9.17, 15) is 19.4 Å². The maximum Gasteiger partial charge on any atom is 0.268 e. The molecule has 0 aliphatic heterocycles. The highest BCUT2D eigenvalue weighted by Crippen LogP contribution is 2.38. The van der Waals surface area contributed by atoms with Crippen LogP contribution >= 0.6 is 7.82 Å². The third kappa shape index (κ3) is 50.9. The van der Waals surface area contributed by atoms with Gasteiger partial charge in [0, 0.05) is 6.42 Å². The van der Waals surface area contributed by atoms with Crippen molar-refractivity contribution in [2.45, 2.75) is 302 Å². The fourth-order valence-corrected chi connectivity index (χ4v) is 9.47. The average Bonchev–Trinajstić information content (AvgIpc) is 3.26. The van der Waals surface area contributed by atoms with Crippen molar-refractivity contribution in [3.63, 3.8) is 0 Å². The summed E-state index contributed by atoms with van der Waals surface area (Å²) in [5.74, 6) is -0.164. The van der Waals surface area contributed by atoms with Gasteiger partial charge in [-0.15, -0.1) is 0 Å². The van der Waals surface area contributed by atoms with Gasteiger partial charge in [-0.05, 0) is 38.5 Å². The van der Waals surface area contributed by atoms with Gasteiger partial charge in [-0.2, -0.15) is 0 Å². The Morgan fingerprint density at radius 1 is 0.523 bits per heavy atom. The number of aliphatic hydroxyl groups excluding tert-OH is 1. The molecular weight excluding hydrogens is 828 g/mol. The van der Waals surface area contributed by atoms with Gasteiger partial charge in [-0.1, -0.05) is 257 Å². The monoisotopic (exact) mass is 941 g/mol. The molecule has 8 nitrogen and oxygen atoms in total. The van der Waals surface area contributed by atoms with Crippen molar-refractivity contribution in [2.24, 2.45) is 0 Å². The molecule has 0 aliphatic rings. The molecule has 0 fully saturated rings. The first-order valence-corrected chi connectivity index (χ1v) is 30.0. The first-order valence-electron chi connectivity index (χ1n) is 28.5. The number of phosphoric ester groups is 1. The lowest BCUT2D eigenvalue weighted by molar-refractivity contribution is -0.870. The van der Waals surface area contributed by atoms with Crippen LogP contribution in [0.1, 0.15) is 290 Å². The van der Waals surface area contributed by atoms with Crippen molar-refractivity contribution in [2.75, 3.05) is 40.9 Å². The highest BCUT2D eigenvalue weighted by atomic mass is 31.2. The standard InChI is InChI=1S/C56H113N2O6P/c1-6-8-10-12-14-16-18-20-22-24-26-28-29-30-31-33-35-37-39-41-43-45-47-49-55(59)54(53-64-65(61,62)63-52-51-58(3,4)5)57-56(60)50-48-46-44-42-40-38-36-34-32-27-25-23-21-19-17-15-13-11-9-7-2/h27,32,54-55,59H,6-26,28-31,33-53H2,1-5H3,(H-,57,60,61,62)/b32-27-. The van der Waals surface area contributed by atoms with Gasteiger partial charge in [0.2, 0.25) is 5.91 Å². The van der Waals surface area contributed by atoms with Gasteiger partial charge in [0.25, 0.3) is 7.82 Å². The van der Waals surface area contributed by atoms with Crippen molar-refractivity contribution in [3.05, 3.63) is 12.2 Å². The quantitative estimate of drug-likeness (QED) is 0.0272. The summed E-state index contributed by atoms with van der Waals surface area (Å²) in [6, 6.07) is -0.800. The number of unbranched alkanes of at least 4 members (excludes halogenated alkanes) is 38. The van der Waals surface area contributed by atoms with Crippen LogP contribution in [-0.2, 0) is 18.4 Å². The van der Waals surface area contributed by atoms with Crippen molar-refractivity contribution in [1.82, 2.24) is 5.32 Å². The van der Waals surface area contributed by atoms with E-state index >= 15 is 0 Å². The highest BCUT2D eigenvalue weighted by molar-refractivity contribution is 7.45. The number of aliphatic hydroxyl groups is 1. The number of hydrogen-bond acceptors (Lipinski definition) is 6. The Balaban J connectivity index is 4.17. The van der Waals surface area contributed by atoms with E-state index in [0.717, 1.165) is 38.5 Å². The molecule has 0 aromatic rings. The topological polar surface area (TPSA) is 108 Å². The molecule has 0 saturated heterocycles. The van der Waals surface area contributed by atoms with E-state index in [1.807, 2.05) is 21.1 Å².